The summed E-state index contributed by atoms with van der Waals surface area (Å²) in [6.07, 6.45) is -0.0672. The molecule has 2 aliphatic heterocycles. The molecule has 0 spiro atoms. The van der Waals surface area contributed by atoms with E-state index in [2.05, 4.69) is 10.6 Å². The fourth-order valence-electron chi connectivity index (χ4n) is 4.39. The van der Waals surface area contributed by atoms with Gasteiger partial charge in [-0.2, -0.15) is 0 Å². The number of ether oxygens (including phenoxy) is 2. The monoisotopic (exact) mass is 577 g/mol. The Kier molecular flexibility index (Phi) is 8.53. The lowest BCUT2D eigenvalue weighted by atomic mass is 10.1. The topological polar surface area (TPSA) is 131 Å². The van der Waals surface area contributed by atoms with Gasteiger partial charge in [-0.3, -0.25) is 9.59 Å². The van der Waals surface area contributed by atoms with Gasteiger partial charge >= 0.3 is 6.09 Å². The summed E-state index contributed by atoms with van der Waals surface area (Å²) in [6, 6.07) is 9.48. The molecule has 12 heteroatoms. The number of nitrogens with one attached hydrogen (secondary N) is 2. The molecule has 3 amide bonds. The van der Waals surface area contributed by atoms with Crippen LogP contribution in [0.3, 0.4) is 0 Å². The maximum atomic E-state index is 13.8. The van der Waals surface area contributed by atoms with E-state index >= 15 is 0 Å². The van der Waals surface area contributed by atoms with Crippen LogP contribution in [0.15, 0.2) is 47.4 Å². The number of benzene rings is 2. The van der Waals surface area contributed by atoms with Gasteiger partial charge < -0.3 is 25.0 Å². The maximum absolute atomic E-state index is 13.8. The van der Waals surface area contributed by atoms with Gasteiger partial charge in [-0.1, -0.05) is 23.7 Å². The number of carbonyl (C=O) groups is 3. The average Bonchev–Trinajstić information content (AvgIpc) is 3.36. The Morgan fingerprint density at radius 2 is 1.87 bits per heavy atom. The SMILES string of the molecule is CC(C)(C)OC(=O)N[C@H]1CS(=O)(=O)c2ccc(C(=O)NCC3CCOC3)cc2N(Cc2ccc(Cl)cc2)C1=O. The van der Waals surface area contributed by atoms with E-state index in [-0.39, 0.29) is 28.6 Å². The average molecular weight is 578 g/mol. The van der Waals surface area contributed by atoms with E-state index in [1.54, 1.807) is 45.0 Å². The summed E-state index contributed by atoms with van der Waals surface area (Å²) in [6.45, 7) is 6.60. The van der Waals surface area contributed by atoms with E-state index in [0.717, 1.165) is 6.42 Å². The molecule has 1 fully saturated rings. The Morgan fingerprint density at radius 1 is 1.15 bits per heavy atom. The van der Waals surface area contributed by atoms with Gasteiger partial charge in [0.25, 0.3) is 11.8 Å². The van der Waals surface area contributed by atoms with Crippen LogP contribution in [0, 0.1) is 5.92 Å². The smallest absolute Gasteiger partial charge is 0.408 e. The van der Waals surface area contributed by atoms with Crippen LogP contribution in [0.25, 0.3) is 0 Å². The lowest BCUT2D eigenvalue weighted by molar-refractivity contribution is -0.120. The molecule has 2 aromatic rings. The van der Waals surface area contributed by atoms with Crippen LogP contribution >= 0.6 is 11.6 Å². The van der Waals surface area contributed by atoms with Crippen molar-refractivity contribution in [3.8, 4) is 0 Å². The van der Waals surface area contributed by atoms with Crippen LogP contribution in [-0.2, 0) is 30.7 Å². The van der Waals surface area contributed by atoms with Crippen LogP contribution in [-0.4, -0.2) is 63.5 Å². The van der Waals surface area contributed by atoms with Gasteiger partial charge in [0, 0.05) is 29.7 Å². The number of alkyl carbamates (subject to hydrolysis) is 1. The number of carbonyl (C=O) groups excluding carboxylic acids is 3. The second-order valence-corrected chi connectivity index (χ2v) is 13.1. The third-order valence-corrected chi connectivity index (χ3v) is 8.36. The first-order chi connectivity index (χ1) is 18.3. The Hall–Kier alpha value is -3.15. The number of rotatable bonds is 6. The molecule has 10 nitrogen and oxygen atoms in total. The van der Waals surface area contributed by atoms with Gasteiger partial charge in [0.1, 0.15) is 11.6 Å². The third kappa shape index (κ3) is 7.28. The van der Waals surface area contributed by atoms with Gasteiger partial charge in [0.2, 0.25) is 0 Å². The zero-order valence-corrected chi connectivity index (χ0v) is 23.6. The van der Waals surface area contributed by atoms with E-state index in [4.69, 9.17) is 21.1 Å². The van der Waals surface area contributed by atoms with Crippen molar-refractivity contribution in [3.05, 3.63) is 58.6 Å². The summed E-state index contributed by atoms with van der Waals surface area (Å²) in [5, 5.41) is 5.79. The predicted octanol–water partition coefficient (Wildman–Crippen LogP) is 3.32. The maximum Gasteiger partial charge on any atom is 0.408 e. The third-order valence-electron chi connectivity index (χ3n) is 6.32. The molecular formula is C27H32ClN3O7S. The first-order valence-corrected chi connectivity index (χ1v) is 14.6. The normalized spacial score (nSPS) is 20.6. The highest BCUT2D eigenvalue weighted by Crippen LogP contribution is 2.33. The van der Waals surface area contributed by atoms with Crippen LogP contribution in [0.4, 0.5) is 10.5 Å². The highest BCUT2D eigenvalue weighted by molar-refractivity contribution is 7.91. The molecule has 0 saturated carbocycles. The fourth-order valence-corrected chi connectivity index (χ4v) is 6.13. The second-order valence-electron chi connectivity index (χ2n) is 10.7. The van der Waals surface area contributed by atoms with Crippen LogP contribution in [0.2, 0.25) is 5.02 Å². The largest absolute Gasteiger partial charge is 0.444 e. The van der Waals surface area contributed by atoms with E-state index < -0.39 is 45.1 Å². The number of sulfone groups is 1. The van der Waals surface area contributed by atoms with Gasteiger partial charge in [0.05, 0.1) is 29.5 Å². The quantitative estimate of drug-likeness (QED) is 0.538. The summed E-state index contributed by atoms with van der Waals surface area (Å²) in [5.41, 5.74) is 0.0796. The zero-order chi connectivity index (χ0) is 28.4. The summed E-state index contributed by atoms with van der Waals surface area (Å²) < 4.78 is 37.5. The van der Waals surface area contributed by atoms with E-state index in [1.165, 1.54) is 23.1 Å². The van der Waals surface area contributed by atoms with Gasteiger partial charge in [0.15, 0.2) is 9.84 Å². The number of hydrogen-bond acceptors (Lipinski definition) is 7. The number of amides is 3. The fraction of sp³-hybridized carbons (Fsp3) is 0.444. The van der Waals surface area contributed by atoms with Gasteiger partial charge in [-0.15, -0.1) is 0 Å². The van der Waals surface area contributed by atoms with E-state index in [0.29, 0.717) is 30.3 Å². The van der Waals surface area contributed by atoms with Crippen molar-refractivity contribution in [2.45, 2.75) is 50.3 Å². The van der Waals surface area contributed by atoms with Crippen molar-refractivity contribution in [2.75, 3.05) is 30.4 Å². The zero-order valence-electron chi connectivity index (χ0n) is 22.0. The van der Waals surface area contributed by atoms with Crippen LogP contribution in [0.5, 0.6) is 0 Å². The molecule has 2 aromatic carbocycles. The molecule has 0 bridgehead atoms. The Labute approximate surface area is 232 Å². The molecular weight excluding hydrogens is 546 g/mol. The minimum atomic E-state index is -4.05. The first-order valence-electron chi connectivity index (χ1n) is 12.6. The number of hydrogen-bond donors (Lipinski definition) is 2. The molecule has 0 aliphatic carbocycles. The number of fused-ring (bicyclic) bond motifs is 1. The Bertz CT molecular complexity index is 1350. The number of nitrogens with zero attached hydrogens (tertiary/aromatic N) is 1. The van der Waals surface area contributed by atoms with Gasteiger partial charge in [-0.05, 0) is 63.1 Å². The molecule has 4 rings (SSSR count). The highest BCUT2D eigenvalue weighted by Gasteiger charge is 2.39. The summed E-state index contributed by atoms with van der Waals surface area (Å²) in [7, 11) is -4.05. The molecule has 2 heterocycles. The summed E-state index contributed by atoms with van der Waals surface area (Å²) >= 11 is 6.02. The number of anilines is 1. The van der Waals surface area contributed by atoms with Crippen LogP contribution < -0.4 is 15.5 Å². The van der Waals surface area contributed by atoms with Crippen molar-refractivity contribution >= 4 is 45.0 Å². The van der Waals surface area contributed by atoms with E-state index in [1.807, 2.05) is 0 Å². The highest BCUT2D eigenvalue weighted by atomic mass is 35.5. The first kappa shape index (κ1) is 28.8. The standard InChI is InChI=1S/C27H32ClN3O7S/c1-27(2,3)38-26(34)30-21-16-39(35,36)23-9-6-19(24(32)29-13-18-10-11-37-15-18)12-22(23)31(25(21)33)14-17-4-7-20(28)8-5-17/h4-9,12,18,21H,10-11,13-16H2,1-3H3,(H,29,32)(H,30,34)/t18?,21-/m0/s1. The predicted molar refractivity (Wildman–Crippen MR) is 146 cm³/mol. The van der Waals surface area contributed by atoms with Crippen LogP contribution in [0.1, 0.15) is 43.1 Å². The molecule has 0 radical (unpaired) electrons. The molecule has 210 valence electrons. The molecule has 2 N–H and O–H groups in total. The molecule has 1 saturated heterocycles. The lowest BCUT2D eigenvalue weighted by Crippen LogP contribution is -2.51. The minimum absolute atomic E-state index is 0.0183. The summed E-state index contributed by atoms with van der Waals surface area (Å²) in [5.74, 6) is -1.51. The van der Waals surface area contributed by atoms with Crippen molar-refractivity contribution < 1.29 is 32.3 Å². The summed E-state index contributed by atoms with van der Waals surface area (Å²) in [4.78, 5) is 40.4. The van der Waals surface area contributed by atoms with Crippen molar-refractivity contribution in [1.82, 2.24) is 10.6 Å². The second kappa shape index (κ2) is 11.5. The van der Waals surface area contributed by atoms with Gasteiger partial charge in [-0.25, -0.2) is 13.2 Å². The molecule has 2 atom stereocenters. The number of halogens is 1. The Morgan fingerprint density at radius 3 is 2.51 bits per heavy atom. The van der Waals surface area contributed by atoms with Crippen molar-refractivity contribution in [1.29, 1.82) is 0 Å². The molecule has 1 unspecified atom stereocenters. The minimum Gasteiger partial charge on any atom is -0.444 e. The van der Waals surface area contributed by atoms with Crippen molar-refractivity contribution in [3.63, 3.8) is 0 Å². The molecule has 39 heavy (non-hydrogen) atoms. The van der Waals surface area contributed by atoms with Crippen molar-refractivity contribution in [2.24, 2.45) is 5.92 Å². The molecule has 2 aliphatic rings. The Balaban J connectivity index is 1.70. The van der Waals surface area contributed by atoms with E-state index in [9.17, 15) is 22.8 Å². The molecule has 0 aromatic heterocycles. The lowest BCUT2D eigenvalue weighted by Gasteiger charge is -2.27.